The molecule has 0 atom stereocenters. The summed E-state index contributed by atoms with van der Waals surface area (Å²) in [7, 11) is 5.82. The Morgan fingerprint density at radius 2 is 1.07 bits per heavy atom. The van der Waals surface area contributed by atoms with E-state index in [1.807, 2.05) is 14.0 Å². The molecule has 0 aliphatic rings. The zero-order valence-corrected chi connectivity index (χ0v) is 22.1. The molecule has 0 aromatic carbocycles. The first-order chi connectivity index (χ1) is 13.2. The number of methoxy groups -OCH3 is 2. The molecule has 0 heterocycles. The van der Waals surface area contributed by atoms with E-state index in [0.29, 0.717) is 0 Å². The summed E-state index contributed by atoms with van der Waals surface area (Å²) >= 11 is 0. The third-order valence-electron chi connectivity index (χ3n) is 1.49. The Labute approximate surface area is 180 Å². The molecule has 0 bridgehead atoms. The van der Waals surface area contributed by atoms with Crippen molar-refractivity contribution in [3.05, 3.63) is 0 Å². The number of hydrogen-bond acceptors (Lipinski definition) is 6. The second-order valence-electron chi connectivity index (χ2n) is 5.31. The van der Waals surface area contributed by atoms with Gasteiger partial charge >= 0.3 is 0 Å². The fourth-order valence-electron chi connectivity index (χ4n) is 0. The average molecular weight is 451 g/mol. The van der Waals surface area contributed by atoms with Crippen LogP contribution in [0.15, 0.2) is 0 Å². The van der Waals surface area contributed by atoms with Gasteiger partial charge in [0.15, 0.2) is 7.37 Å². The van der Waals surface area contributed by atoms with Gasteiger partial charge in [-0.1, -0.05) is 33.6 Å². The molecule has 0 unspecified atom stereocenters. The Bertz CT molecular complexity index is 285. The van der Waals surface area contributed by atoms with Crippen LogP contribution in [0.1, 0.15) is 54.4 Å². The summed E-state index contributed by atoms with van der Waals surface area (Å²) in [5.74, 6) is -0.829. The molecule has 0 aromatic heterocycles. The lowest BCUT2D eigenvalue weighted by Crippen LogP contribution is -2.11. The summed E-state index contributed by atoms with van der Waals surface area (Å²) in [4.78, 5) is 26.8. The molecule has 0 aliphatic heterocycles. The van der Waals surface area contributed by atoms with Gasteiger partial charge in [0.25, 0.3) is 5.97 Å². The zero-order chi connectivity index (χ0) is 25.3. The molecule has 0 radical (unpaired) electrons. The highest BCUT2D eigenvalue weighted by Gasteiger charge is 1.92. The minimum Gasteiger partial charge on any atom is -0.481 e. The molecule has 0 aliphatic carbocycles. The maximum Gasteiger partial charge on any atom is 0.300 e. The van der Waals surface area contributed by atoms with Gasteiger partial charge in [-0.05, 0) is 20.5 Å². The highest BCUT2D eigenvalue weighted by Crippen LogP contribution is 2.27. The van der Waals surface area contributed by atoms with Crippen LogP contribution in [0.4, 0.5) is 0 Å². The standard InChI is InChI=1S/C4H10.C3H7NO.C3H9N.C3H8O.C2H7O2P.C2H4O2.C2H6O/c1-3-4-2;1-3(5)4-2;2*1-3-4-2;1-5(2,3)4;1-2(3)4;1-3-2/h3-4H2,1-2H3;1-2H3,(H,4,5);4H,3H2,1-2H3;3H2,1-2H3;1-2H3,(H,3,4);1H3,(H,3,4);1-2H3. The van der Waals surface area contributed by atoms with Gasteiger partial charge < -0.3 is 30.1 Å². The summed E-state index contributed by atoms with van der Waals surface area (Å²) in [5.41, 5.74) is 0. The molecule has 0 aromatic rings. The van der Waals surface area contributed by atoms with Gasteiger partial charge in [-0.3, -0.25) is 14.2 Å². The minimum atomic E-state index is -2.64. The number of hydrogen-bond donors (Lipinski definition) is 4. The first-order valence-electron chi connectivity index (χ1n) is 9.35. The smallest absolute Gasteiger partial charge is 0.300 e. The lowest BCUT2D eigenvalue weighted by molar-refractivity contribution is -0.134. The van der Waals surface area contributed by atoms with Crippen LogP contribution >= 0.6 is 7.37 Å². The van der Waals surface area contributed by atoms with Crippen molar-refractivity contribution in [3.8, 4) is 0 Å². The van der Waals surface area contributed by atoms with Crippen molar-refractivity contribution in [2.75, 3.05) is 61.9 Å². The average Bonchev–Trinajstić information content (AvgIpc) is 2.61. The molecule has 9 nitrogen and oxygen atoms in total. The molecule has 1 amide bonds. The number of carbonyl (C=O) groups excluding carboxylic acids is 1. The second kappa shape index (κ2) is 50.6. The third-order valence-corrected chi connectivity index (χ3v) is 1.49. The summed E-state index contributed by atoms with van der Waals surface area (Å²) in [6.07, 6.45) is 2.64. The number of nitrogens with one attached hydrogen (secondary N) is 2. The van der Waals surface area contributed by atoms with E-state index in [0.717, 1.165) is 20.1 Å². The number of carboxylic acid groups (broad SMARTS) is 1. The molecular formula is C19H51N2O7P. The molecule has 4 N–H and O–H groups in total. The van der Waals surface area contributed by atoms with Crippen LogP contribution in [0, 0.1) is 0 Å². The van der Waals surface area contributed by atoms with Crippen molar-refractivity contribution < 1.29 is 33.6 Å². The van der Waals surface area contributed by atoms with Crippen LogP contribution in [0.5, 0.6) is 0 Å². The van der Waals surface area contributed by atoms with Crippen LogP contribution in [0.2, 0.25) is 0 Å². The van der Waals surface area contributed by atoms with Gasteiger partial charge in [0.2, 0.25) is 5.91 Å². The van der Waals surface area contributed by atoms with Gasteiger partial charge in [-0.15, -0.1) is 0 Å². The number of ether oxygens (including phenoxy) is 2. The Hall–Kier alpha value is -0.990. The molecule has 184 valence electrons. The Balaban J connectivity index is -0.0000000392. The maximum absolute atomic E-state index is 9.77. The monoisotopic (exact) mass is 450 g/mol. The van der Waals surface area contributed by atoms with Crippen LogP contribution in [0.25, 0.3) is 0 Å². The highest BCUT2D eigenvalue weighted by atomic mass is 31.2. The molecule has 0 saturated heterocycles. The van der Waals surface area contributed by atoms with Crippen molar-refractivity contribution in [2.24, 2.45) is 0 Å². The highest BCUT2D eigenvalue weighted by molar-refractivity contribution is 7.56. The number of aliphatic carboxylic acids is 1. The normalized spacial score (nSPS) is 7.79. The fourth-order valence-corrected chi connectivity index (χ4v) is 0. The quantitative estimate of drug-likeness (QED) is 0.481. The lowest BCUT2D eigenvalue weighted by Gasteiger charge is -1.86. The van der Waals surface area contributed by atoms with Gasteiger partial charge in [0, 0.05) is 62.2 Å². The van der Waals surface area contributed by atoms with E-state index in [1.165, 1.54) is 33.1 Å². The van der Waals surface area contributed by atoms with E-state index in [2.05, 4.69) is 40.9 Å². The van der Waals surface area contributed by atoms with Gasteiger partial charge in [-0.2, -0.15) is 0 Å². The molecule has 10 heteroatoms. The topological polar surface area (TPSA) is 134 Å². The van der Waals surface area contributed by atoms with Crippen molar-refractivity contribution in [3.63, 3.8) is 0 Å². The number of unbranched alkanes of at least 4 members (excludes halogenated alkanes) is 1. The molecule has 0 rings (SSSR count). The Morgan fingerprint density at radius 3 is 1.07 bits per heavy atom. The van der Waals surface area contributed by atoms with Crippen LogP contribution in [-0.4, -0.2) is 83.8 Å². The first kappa shape index (κ1) is 46.3. The Kier molecular flexibility index (Phi) is 80.7. The minimum absolute atomic E-state index is 0.00463. The molecule has 0 fully saturated rings. The molecule has 0 saturated carbocycles. The summed E-state index contributed by atoms with van der Waals surface area (Å²) < 4.78 is 18.6. The summed E-state index contributed by atoms with van der Waals surface area (Å²) in [6.45, 7) is 15.4. The van der Waals surface area contributed by atoms with E-state index in [-0.39, 0.29) is 5.91 Å². The van der Waals surface area contributed by atoms with Crippen molar-refractivity contribution in [1.29, 1.82) is 0 Å². The van der Waals surface area contributed by atoms with E-state index in [4.69, 9.17) is 14.8 Å². The largest absolute Gasteiger partial charge is 0.481 e. The SMILES string of the molecule is CC(=O)O.CCCC.CCNC.CCOC.CNC(C)=O.COC.CP(C)(=O)O. The predicted octanol–water partition coefficient (Wildman–Crippen LogP) is 3.31. The van der Waals surface area contributed by atoms with Crippen LogP contribution < -0.4 is 10.6 Å². The van der Waals surface area contributed by atoms with Gasteiger partial charge in [0.1, 0.15) is 0 Å². The molecule has 0 spiro atoms. The number of rotatable bonds is 3. The number of carbonyl (C=O) groups is 2. The number of amides is 1. The predicted molar refractivity (Wildman–Crippen MR) is 125 cm³/mol. The van der Waals surface area contributed by atoms with E-state index < -0.39 is 13.3 Å². The molecule has 29 heavy (non-hydrogen) atoms. The maximum atomic E-state index is 9.77. The lowest BCUT2D eigenvalue weighted by atomic mass is 10.4. The van der Waals surface area contributed by atoms with Crippen molar-refractivity contribution >= 4 is 19.2 Å². The zero-order valence-electron chi connectivity index (χ0n) is 21.2. The van der Waals surface area contributed by atoms with E-state index in [1.54, 1.807) is 28.4 Å². The van der Waals surface area contributed by atoms with Crippen molar-refractivity contribution in [1.82, 2.24) is 10.6 Å². The summed E-state index contributed by atoms with van der Waals surface area (Å²) in [6, 6.07) is 0. The second-order valence-corrected chi connectivity index (χ2v) is 7.90. The number of carboxylic acids is 1. The summed E-state index contributed by atoms with van der Waals surface area (Å²) in [5, 5.41) is 12.7. The van der Waals surface area contributed by atoms with E-state index >= 15 is 0 Å². The Morgan fingerprint density at radius 1 is 0.931 bits per heavy atom. The van der Waals surface area contributed by atoms with Gasteiger partial charge in [-0.25, -0.2) is 0 Å². The van der Waals surface area contributed by atoms with Crippen LogP contribution in [-0.2, 0) is 23.6 Å². The van der Waals surface area contributed by atoms with E-state index in [9.17, 15) is 9.36 Å². The molecular weight excluding hydrogens is 399 g/mol. The van der Waals surface area contributed by atoms with Crippen LogP contribution in [0.3, 0.4) is 0 Å². The van der Waals surface area contributed by atoms with Gasteiger partial charge in [0.05, 0.1) is 0 Å². The van der Waals surface area contributed by atoms with Crippen molar-refractivity contribution in [2.45, 2.75) is 54.4 Å². The fraction of sp³-hybridized carbons (Fsp3) is 0.895. The third kappa shape index (κ3) is 1050. The first-order valence-corrected chi connectivity index (χ1v) is 11.9.